The highest BCUT2D eigenvalue weighted by Crippen LogP contribution is 2.35. The number of carbonyl (C=O) groups excluding carboxylic acids is 1. The highest BCUT2D eigenvalue weighted by Gasteiger charge is 2.20. The van der Waals surface area contributed by atoms with E-state index in [2.05, 4.69) is 14.7 Å². The molecule has 0 saturated heterocycles. The lowest BCUT2D eigenvalue weighted by atomic mass is 9.81. The van der Waals surface area contributed by atoms with Gasteiger partial charge in [0, 0.05) is 26.0 Å². The third kappa shape index (κ3) is 2.97. The Morgan fingerprint density at radius 2 is 2.11 bits per heavy atom. The smallest absolute Gasteiger partial charge is 0.307 e. The summed E-state index contributed by atoms with van der Waals surface area (Å²) in [5.74, 6) is 1.09. The van der Waals surface area contributed by atoms with Crippen LogP contribution in [-0.4, -0.2) is 36.6 Å². The first-order chi connectivity index (χ1) is 8.70. The Bertz CT molecular complexity index is 401. The molecule has 0 aromatic carbocycles. The molecule has 0 N–H and O–H groups in total. The van der Waals surface area contributed by atoms with Crippen LogP contribution < -0.4 is 4.90 Å². The maximum absolute atomic E-state index is 11.0. The van der Waals surface area contributed by atoms with Gasteiger partial charge in [0.25, 0.3) is 0 Å². The van der Waals surface area contributed by atoms with Gasteiger partial charge in [0.15, 0.2) is 0 Å². The minimum atomic E-state index is -0.215. The lowest BCUT2D eigenvalue weighted by Crippen LogP contribution is -2.23. The third-order valence-electron chi connectivity index (χ3n) is 3.46. The van der Waals surface area contributed by atoms with Crippen molar-refractivity contribution in [3.8, 4) is 0 Å². The summed E-state index contributed by atoms with van der Waals surface area (Å²) in [5, 5.41) is 0. The zero-order valence-corrected chi connectivity index (χ0v) is 10.9. The summed E-state index contributed by atoms with van der Waals surface area (Å²) in [6.07, 6.45) is 7.97. The van der Waals surface area contributed by atoms with Crippen LogP contribution in [0, 0.1) is 0 Å². The summed E-state index contributed by atoms with van der Waals surface area (Å²) in [6, 6.07) is 0. The minimum absolute atomic E-state index is 0.215. The number of ether oxygens (including phenoxy) is 1. The molecule has 18 heavy (non-hydrogen) atoms. The first-order valence-corrected chi connectivity index (χ1v) is 6.30. The van der Waals surface area contributed by atoms with Crippen molar-refractivity contribution in [3.63, 3.8) is 0 Å². The second kappa shape index (κ2) is 5.80. The molecular weight excluding hydrogens is 230 g/mol. The van der Waals surface area contributed by atoms with Crippen LogP contribution in [-0.2, 0) is 9.53 Å². The van der Waals surface area contributed by atoms with E-state index in [0.29, 0.717) is 24.8 Å². The van der Waals surface area contributed by atoms with Crippen LogP contribution >= 0.6 is 0 Å². The second-order valence-corrected chi connectivity index (χ2v) is 4.69. The van der Waals surface area contributed by atoms with Crippen molar-refractivity contribution in [2.75, 3.05) is 25.6 Å². The zero-order valence-electron chi connectivity index (χ0n) is 10.9. The molecule has 0 radical (unpaired) electrons. The van der Waals surface area contributed by atoms with Gasteiger partial charge >= 0.3 is 5.97 Å². The molecule has 2 rings (SSSR count). The highest BCUT2D eigenvalue weighted by atomic mass is 16.5. The van der Waals surface area contributed by atoms with Gasteiger partial charge < -0.3 is 9.64 Å². The van der Waals surface area contributed by atoms with Gasteiger partial charge in [0.1, 0.15) is 0 Å². The summed E-state index contributed by atoms with van der Waals surface area (Å²) in [6.45, 7) is 0.565. The standard InChI is InChI=1S/C13H19N3O2/c1-16(7-6-12(17)18-2)13-14-8-11(9-15-13)10-4-3-5-10/h8-10H,3-7H2,1-2H3. The molecular formula is C13H19N3O2. The molecule has 1 fully saturated rings. The Balaban J connectivity index is 1.89. The molecule has 0 spiro atoms. The van der Waals surface area contributed by atoms with E-state index in [1.54, 1.807) is 0 Å². The number of nitrogens with zero attached hydrogens (tertiary/aromatic N) is 3. The molecule has 1 saturated carbocycles. The van der Waals surface area contributed by atoms with Crippen molar-refractivity contribution in [1.82, 2.24) is 9.97 Å². The SMILES string of the molecule is COC(=O)CCN(C)c1ncc(C2CCC2)cn1. The van der Waals surface area contributed by atoms with E-state index in [1.807, 2.05) is 24.3 Å². The van der Waals surface area contributed by atoms with E-state index in [1.165, 1.54) is 31.9 Å². The number of hydrogen-bond donors (Lipinski definition) is 0. The molecule has 0 atom stereocenters. The highest BCUT2D eigenvalue weighted by molar-refractivity contribution is 5.69. The largest absolute Gasteiger partial charge is 0.469 e. The topological polar surface area (TPSA) is 55.3 Å². The number of anilines is 1. The summed E-state index contributed by atoms with van der Waals surface area (Å²) >= 11 is 0. The molecule has 5 heteroatoms. The Morgan fingerprint density at radius 1 is 1.44 bits per heavy atom. The van der Waals surface area contributed by atoms with Crippen LogP contribution in [0.25, 0.3) is 0 Å². The van der Waals surface area contributed by atoms with Gasteiger partial charge in [0.05, 0.1) is 13.5 Å². The van der Waals surface area contributed by atoms with Gasteiger partial charge in [0.2, 0.25) is 5.95 Å². The molecule has 5 nitrogen and oxygen atoms in total. The summed E-state index contributed by atoms with van der Waals surface area (Å²) in [7, 11) is 3.27. The lowest BCUT2D eigenvalue weighted by Gasteiger charge is -2.25. The van der Waals surface area contributed by atoms with Gasteiger partial charge in [-0.05, 0) is 24.3 Å². The Kier molecular flexibility index (Phi) is 4.12. The number of hydrogen-bond acceptors (Lipinski definition) is 5. The lowest BCUT2D eigenvalue weighted by molar-refractivity contribution is -0.140. The fourth-order valence-corrected chi connectivity index (χ4v) is 1.94. The molecule has 1 aliphatic carbocycles. The van der Waals surface area contributed by atoms with Gasteiger partial charge in [-0.15, -0.1) is 0 Å². The van der Waals surface area contributed by atoms with E-state index >= 15 is 0 Å². The van der Waals surface area contributed by atoms with Gasteiger partial charge in [-0.3, -0.25) is 4.79 Å². The van der Waals surface area contributed by atoms with Gasteiger partial charge in [-0.25, -0.2) is 9.97 Å². The quantitative estimate of drug-likeness (QED) is 0.744. The van der Waals surface area contributed by atoms with Crippen LogP contribution in [0.4, 0.5) is 5.95 Å². The average Bonchev–Trinajstić information content (AvgIpc) is 2.34. The summed E-state index contributed by atoms with van der Waals surface area (Å²) < 4.78 is 4.60. The molecule has 1 aromatic heterocycles. The minimum Gasteiger partial charge on any atom is -0.469 e. The molecule has 0 unspecified atom stereocenters. The number of aromatic nitrogens is 2. The molecule has 1 aromatic rings. The Labute approximate surface area is 107 Å². The van der Waals surface area contributed by atoms with Crippen LogP contribution in [0.3, 0.4) is 0 Å². The predicted octanol–water partition coefficient (Wildman–Crippen LogP) is 1.74. The fourth-order valence-electron chi connectivity index (χ4n) is 1.94. The number of carbonyl (C=O) groups is 1. The number of methoxy groups -OCH3 is 1. The van der Waals surface area contributed by atoms with Crippen LogP contribution in [0.5, 0.6) is 0 Å². The van der Waals surface area contributed by atoms with Crippen molar-refractivity contribution in [1.29, 1.82) is 0 Å². The van der Waals surface area contributed by atoms with Crippen molar-refractivity contribution in [2.45, 2.75) is 31.6 Å². The fraction of sp³-hybridized carbons (Fsp3) is 0.615. The van der Waals surface area contributed by atoms with E-state index in [9.17, 15) is 4.79 Å². The molecule has 0 bridgehead atoms. The van der Waals surface area contributed by atoms with E-state index in [-0.39, 0.29) is 5.97 Å². The van der Waals surface area contributed by atoms with E-state index in [4.69, 9.17) is 0 Å². The molecule has 0 amide bonds. The number of rotatable bonds is 5. The van der Waals surface area contributed by atoms with Crippen LogP contribution in [0.1, 0.15) is 37.2 Å². The monoisotopic (exact) mass is 249 g/mol. The van der Waals surface area contributed by atoms with E-state index in [0.717, 1.165) is 0 Å². The van der Waals surface area contributed by atoms with Gasteiger partial charge in [-0.2, -0.15) is 0 Å². The number of esters is 1. The van der Waals surface area contributed by atoms with Crippen molar-refractivity contribution in [2.24, 2.45) is 0 Å². The second-order valence-electron chi connectivity index (χ2n) is 4.69. The molecule has 0 aliphatic heterocycles. The van der Waals surface area contributed by atoms with Crippen LogP contribution in [0.2, 0.25) is 0 Å². The third-order valence-corrected chi connectivity index (χ3v) is 3.46. The van der Waals surface area contributed by atoms with Crippen molar-refractivity contribution < 1.29 is 9.53 Å². The molecule has 1 aliphatic rings. The zero-order chi connectivity index (χ0) is 13.0. The normalized spacial score (nSPS) is 15.0. The maximum atomic E-state index is 11.0. The Morgan fingerprint density at radius 3 is 2.61 bits per heavy atom. The van der Waals surface area contributed by atoms with Crippen molar-refractivity contribution >= 4 is 11.9 Å². The predicted molar refractivity (Wildman–Crippen MR) is 68.5 cm³/mol. The first kappa shape index (κ1) is 12.8. The van der Waals surface area contributed by atoms with Gasteiger partial charge in [-0.1, -0.05) is 6.42 Å². The first-order valence-electron chi connectivity index (χ1n) is 6.30. The van der Waals surface area contributed by atoms with Crippen molar-refractivity contribution in [3.05, 3.63) is 18.0 Å². The van der Waals surface area contributed by atoms with Crippen LogP contribution in [0.15, 0.2) is 12.4 Å². The molecule has 98 valence electrons. The average molecular weight is 249 g/mol. The van der Waals surface area contributed by atoms with E-state index < -0.39 is 0 Å². The molecule has 1 heterocycles. The summed E-state index contributed by atoms with van der Waals surface area (Å²) in [5.41, 5.74) is 1.23. The summed E-state index contributed by atoms with van der Waals surface area (Å²) in [4.78, 5) is 21.6. The maximum Gasteiger partial charge on any atom is 0.307 e. The Hall–Kier alpha value is -1.65.